The van der Waals surface area contributed by atoms with Crippen LogP contribution in [0.25, 0.3) is 0 Å². The minimum Gasteiger partial charge on any atom is -0.490 e. The molecular formula is C24H26ClN5O5. The van der Waals surface area contributed by atoms with Crippen LogP contribution in [-0.2, 0) is 11.3 Å². The van der Waals surface area contributed by atoms with Crippen LogP contribution in [0, 0.1) is 15.5 Å². The maximum atomic E-state index is 13.3. The van der Waals surface area contributed by atoms with E-state index in [4.69, 9.17) is 20.6 Å². The molecule has 0 bridgehead atoms. The van der Waals surface area contributed by atoms with Gasteiger partial charge in [-0.1, -0.05) is 30.3 Å². The van der Waals surface area contributed by atoms with Crippen molar-refractivity contribution in [1.29, 1.82) is 5.41 Å². The summed E-state index contributed by atoms with van der Waals surface area (Å²) in [4.78, 5) is 24.2. The Morgan fingerprint density at radius 2 is 1.63 bits per heavy atom. The number of hydrogen-bond donors (Lipinski definition) is 4. The quantitative estimate of drug-likeness (QED) is 0.143. The van der Waals surface area contributed by atoms with Gasteiger partial charge in [-0.15, -0.1) is 12.4 Å². The van der Waals surface area contributed by atoms with Gasteiger partial charge in [-0.25, -0.2) is 0 Å². The van der Waals surface area contributed by atoms with Crippen LogP contribution in [0.3, 0.4) is 0 Å². The predicted octanol–water partition coefficient (Wildman–Crippen LogP) is 3.79. The Labute approximate surface area is 208 Å². The summed E-state index contributed by atoms with van der Waals surface area (Å²) in [6.07, 6.45) is 0. The molecule has 0 aliphatic heterocycles. The molecule has 0 aliphatic rings. The first-order valence-electron chi connectivity index (χ1n) is 10.3. The van der Waals surface area contributed by atoms with Crippen molar-refractivity contribution < 1.29 is 19.2 Å². The van der Waals surface area contributed by atoms with Crippen LogP contribution >= 0.6 is 12.4 Å². The summed E-state index contributed by atoms with van der Waals surface area (Å²) in [5.74, 6) is -0.506. The number of nitro groups is 1. The van der Waals surface area contributed by atoms with E-state index in [-0.39, 0.29) is 41.3 Å². The summed E-state index contributed by atoms with van der Waals surface area (Å²) >= 11 is 0. The number of amidine groups is 1. The fourth-order valence-electron chi connectivity index (χ4n) is 3.36. The van der Waals surface area contributed by atoms with Crippen molar-refractivity contribution in [1.82, 2.24) is 5.32 Å². The SMILES string of the molecule is COc1cc([C@H](Nc2ccc(C(=N)N)cc2)C(=O)NCc2ccccc2)cc(OC)c1[N+](=O)[O-].Cl. The number of nitrogen functional groups attached to an aromatic ring is 1. The van der Waals surface area contributed by atoms with Crippen molar-refractivity contribution in [2.75, 3.05) is 19.5 Å². The molecule has 0 aliphatic carbocycles. The number of methoxy groups -OCH3 is 2. The van der Waals surface area contributed by atoms with E-state index in [1.54, 1.807) is 24.3 Å². The van der Waals surface area contributed by atoms with E-state index >= 15 is 0 Å². The molecule has 3 rings (SSSR count). The van der Waals surface area contributed by atoms with E-state index in [1.165, 1.54) is 26.4 Å². The van der Waals surface area contributed by atoms with E-state index in [0.717, 1.165) is 5.56 Å². The van der Waals surface area contributed by atoms with Crippen LogP contribution in [0.2, 0.25) is 0 Å². The van der Waals surface area contributed by atoms with E-state index in [2.05, 4.69) is 10.6 Å². The first-order valence-corrected chi connectivity index (χ1v) is 10.3. The molecule has 0 saturated carbocycles. The molecule has 184 valence electrons. The van der Waals surface area contributed by atoms with Gasteiger partial charge < -0.3 is 25.8 Å². The van der Waals surface area contributed by atoms with Gasteiger partial charge in [0.2, 0.25) is 17.4 Å². The zero-order valence-electron chi connectivity index (χ0n) is 19.1. The third kappa shape index (κ3) is 6.61. The number of amides is 1. The Morgan fingerprint density at radius 3 is 2.11 bits per heavy atom. The third-order valence-corrected chi connectivity index (χ3v) is 5.10. The zero-order chi connectivity index (χ0) is 24.7. The molecule has 1 atom stereocenters. The molecule has 10 nitrogen and oxygen atoms in total. The lowest BCUT2D eigenvalue weighted by Crippen LogP contribution is -2.33. The van der Waals surface area contributed by atoms with Crippen molar-refractivity contribution in [3.05, 3.63) is 93.5 Å². The normalized spacial score (nSPS) is 10.9. The van der Waals surface area contributed by atoms with Gasteiger partial charge >= 0.3 is 5.69 Å². The maximum absolute atomic E-state index is 13.3. The summed E-state index contributed by atoms with van der Waals surface area (Å²) < 4.78 is 10.4. The Morgan fingerprint density at radius 1 is 1.06 bits per heavy atom. The first-order chi connectivity index (χ1) is 16.3. The lowest BCUT2D eigenvalue weighted by molar-refractivity contribution is -0.386. The molecule has 0 unspecified atom stereocenters. The monoisotopic (exact) mass is 499 g/mol. The van der Waals surface area contributed by atoms with E-state index in [9.17, 15) is 14.9 Å². The largest absolute Gasteiger partial charge is 0.490 e. The number of carbonyl (C=O) groups excluding carboxylic acids is 1. The Bertz CT molecular complexity index is 1160. The van der Waals surface area contributed by atoms with Crippen molar-refractivity contribution in [2.45, 2.75) is 12.6 Å². The average molecular weight is 500 g/mol. The van der Waals surface area contributed by atoms with Gasteiger partial charge in [0.15, 0.2) is 0 Å². The van der Waals surface area contributed by atoms with Crippen LogP contribution in [0.15, 0.2) is 66.7 Å². The van der Waals surface area contributed by atoms with Crippen LogP contribution < -0.4 is 25.8 Å². The van der Waals surface area contributed by atoms with Gasteiger partial charge in [0.25, 0.3) is 0 Å². The fourth-order valence-corrected chi connectivity index (χ4v) is 3.36. The van der Waals surface area contributed by atoms with Gasteiger partial charge in [0, 0.05) is 17.8 Å². The third-order valence-electron chi connectivity index (χ3n) is 5.10. The summed E-state index contributed by atoms with van der Waals surface area (Å²) in [7, 11) is 2.62. The molecule has 35 heavy (non-hydrogen) atoms. The number of anilines is 1. The van der Waals surface area contributed by atoms with Crippen molar-refractivity contribution in [3.8, 4) is 11.5 Å². The number of halogens is 1. The molecule has 5 N–H and O–H groups in total. The molecule has 0 aromatic heterocycles. The highest BCUT2D eigenvalue weighted by Gasteiger charge is 2.28. The first kappa shape index (κ1) is 26.9. The standard InChI is InChI=1S/C24H25N5O5.ClH/c1-33-19-12-17(13-20(34-2)22(19)29(31)32)21(24(30)27-14-15-6-4-3-5-7-15)28-18-10-8-16(9-11-18)23(25)26;/h3-13,21,28H,14H2,1-2H3,(H3,25,26)(H,27,30);1H/t21-;/m0./s1. The number of nitrogens with two attached hydrogens (primary N) is 1. The smallest absolute Gasteiger partial charge is 0.352 e. The Kier molecular flexibility index (Phi) is 9.42. The van der Waals surface area contributed by atoms with Crippen molar-refractivity contribution in [2.24, 2.45) is 5.73 Å². The molecule has 0 spiro atoms. The van der Waals surface area contributed by atoms with Crippen LogP contribution in [0.5, 0.6) is 11.5 Å². The van der Waals surface area contributed by atoms with Crippen molar-refractivity contribution in [3.63, 3.8) is 0 Å². The number of nitrogens with one attached hydrogen (secondary N) is 3. The van der Waals surface area contributed by atoms with Crippen molar-refractivity contribution >= 4 is 35.5 Å². The number of rotatable bonds is 10. The Hall–Kier alpha value is -4.31. The second-order valence-electron chi connectivity index (χ2n) is 7.30. The highest BCUT2D eigenvalue weighted by Crippen LogP contribution is 2.40. The molecule has 3 aromatic carbocycles. The van der Waals surface area contributed by atoms with Crippen LogP contribution in [0.4, 0.5) is 11.4 Å². The number of hydrogen-bond acceptors (Lipinski definition) is 7. The number of nitrogens with zero attached hydrogens (tertiary/aromatic N) is 1. The molecule has 0 radical (unpaired) electrons. The van der Waals surface area contributed by atoms with Crippen LogP contribution in [0.1, 0.15) is 22.7 Å². The van der Waals surface area contributed by atoms with Crippen LogP contribution in [-0.4, -0.2) is 30.9 Å². The maximum Gasteiger partial charge on any atom is 0.352 e. The minimum absolute atomic E-state index is 0. The average Bonchev–Trinajstić information content (AvgIpc) is 2.85. The molecule has 0 saturated heterocycles. The molecular weight excluding hydrogens is 474 g/mol. The molecule has 11 heteroatoms. The van der Waals surface area contributed by atoms with E-state index < -0.39 is 11.0 Å². The molecule has 0 heterocycles. The zero-order valence-corrected chi connectivity index (χ0v) is 19.9. The van der Waals surface area contributed by atoms with Gasteiger partial charge in [-0.3, -0.25) is 20.3 Å². The molecule has 3 aromatic rings. The number of carbonyl (C=O) groups is 1. The minimum atomic E-state index is -0.935. The number of benzene rings is 3. The summed E-state index contributed by atoms with van der Waals surface area (Å²) in [5, 5.41) is 25.1. The van der Waals surface area contributed by atoms with Gasteiger partial charge in [0.05, 0.1) is 19.1 Å². The van der Waals surface area contributed by atoms with E-state index in [0.29, 0.717) is 23.4 Å². The summed E-state index contributed by atoms with van der Waals surface area (Å²) in [6.45, 7) is 0.294. The highest BCUT2D eigenvalue weighted by atomic mass is 35.5. The second-order valence-corrected chi connectivity index (χ2v) is 7.30. The number of nitro benzene ring substituents is 1. The Balaban J connectivity index is 0.00000432. The summed E-state index contributed by atoms with van der Waals surface area (Å²) in [5.41, 5.74) is 7.63. The number of ether oxygens (including phenoxy) is 2. The van der Waals surface area contributed by atoms with Gasteiger partial charge in [0.1, 0.15) is 11.9 Å². The topological polar surface area (TPSA) is 153 Å². The fraction of sp³-hybridized carbons (Fsp3) is 0.167. The molecule has 0 fully saturated rings. The van der Waals surface area contributed by atoms with E-state index in [1.807, 2.05) is 30.3 Å². The highest BCUT2D eigenvalue weighted by molar-refractivity contribution is 5.95. The second kappa shape index (κ2) is 12.2. The van der Waals surface area contributed by atoms with Gasteiger partial charge in [-0.2, -0.15) is 0 Å². The molecule has 1 amide bonds. The summed E-state index contributed by atoms with van der Waals surface area (Å²) in [6, 6.07) is 18.0. The predicted molar refractivity (Wildman–Crippen MR) is 136 cm³/mol. The lowest BCUT2D eigenvalue weighted by atomic mass is 10.0. The lowest BCUT2D eigenvalue weighted by Gasteiger charge is -2.21. The van der Waals surface area contributed by atoms with Gasteiger partial charge in [-0.05, 0) is 47.5 Å².